The SMILES string of the molecule is CCCCCCCCC(CCCCCCCCC(=O)OC)SCC(=O)N[C@@H](CC(C)C)C(=O)OC. The Labute approximate surface area is 219 Å². The Morgan fingerprint density at radius 3 is 1.83 bits per heavy atom. The molecule has 1 amide bonds. The number of methoxy groups -OCH3 is 2. The quantitative estimate of drug-likeness (QED) is 0.119. The summed E-state index contributed by atoms with van der Waals surface area (Å²) in [7, 11) is 2.81. The van der Waals surface area contributed by atoms with E-state index in [0.717, 1.165) is 32.1 Å². The molecule has 0 aliphatic rings. The van der Waals surface area contributed by atoms with Crippen molar-refractivity contribution in [1.29, 1.82) is 0 Å². The lowest BCUT2D eigenvalue weighted by molar-refractivity contribution is -0.145. The van der Waals surface area contributed by atoms with Crippen LogP contribution in [0.15, 0.2) is 0 Å². The topological polar surface area (TPSA) is 81.7 Å². The zero-order valence-electron chi connectivity index (χ0n) is 23.2. The predicted octanol–water partition coefficient (Wildman–Crippen LogP) is 6.84. The first-order chi connectivity index (χ1) is 16.8. The van der Waals surface area contributed by atoms with Crippen molar-refractivity contribution in [2.24, 2.45) is 5.92 Å². The molecule has 0 aliphatic carbocycles. The molecule has 0 radical (unpaired) electrons. The van der Waals surface area contributed by atoms with Crippen LogP contribution in [0.2, 0.25) is 0 Å². The van der Waals surface area contributed by atoms with E-state index in [9.17, 15) is 14.4 Å². The van der Waals surface area contributed by atoms with Gasteiger partial charge in [-0.25, -0.2) is 4.79 Å². The van der Waals surface area contributed by atoms with Crippen LogP contribution >= 0.6 is 11.8 Å². The highest BCUT2D eigenvalue weighted by molar-refractivity contribution is 8.00. The summed E-state index contributed by atoms with van der Waals surface area (Å²) in [5.74, 6) is 0.121. The van der Waals surface area contributed by atoms with Crippen molar-refractivity contribution in [1.82, 2.24) is 5.32 Å². The van der Waals surface area contributed by atoms with E-state index in [1.165, 1.54) is 72.0 Å². The smallest absolute Gasteiger partial charge is 0.328 e. The van der Waals surface area contributed by atoms with Gasteiger partial charge in [-0.05, 0) is 31.6 Å². The third kappa shape index (κ3) is 20.6. The maximum Gasteiger partial charge on any atom is 0.328 e. The van der Waals surface area contributed by atoms with Crippen LogP contribution < -0.4 is 5.32 Å². The molecule has 206 valence electrons. The molecule has 6 nitrogen and oxygen atoms in total. The summed E-state index contributed by atoms with van der Waals surface area (Å²) < 4.78 is 9.55. The third-order valence-corrected chi connectivity index (χ3v) is 7.61. The van der Waals surface area contributed by atoms with Crippen molar-refractivity contribution in [3.63, 3.8) is 0 Å². The van der Waals surface area contributed by atoms with Crippen LogP contribution in [0.1, 0.15) is 124 Å². The van der Waals surface area contributed by atoms with E-state index >= 15 is 0 Å². The van der Waals surface area contributed by atoms with E-state index in [0.29, 0.717) is 29.8 Å². The van der Waals surface area contributed by atoms with Crippen LogP contribution in [0, 0.1) is 5.92 Å². The monoisotopic (exact) mass is 515 g/mol. The number of rotatable bonds is 23. The molecule has 0 saturated carbocycles. The van der Waals surface area contributed by atoms with Crippen LogP contribution in [0.25, 0.3) is 0 Å². The molecular weight excluding hydrogens is 462 g/mol. The van der Waals surface area contributed by atoms with E-state index < -0.39 is 6.04 Å². The number of thioether (sulfide) groups is 1. The molecule has 1 N–H and O–H groups in total. The highest BCUT2D eigenvalue weighted by atomic mass is 32.2. The highest BCUT2D eigenvalue weighted by Crippen LogP contribution is 2.25. The third-order valence-electron chi connectivity index (χ3n) is 6.24. The van der Waals surface area contributed by atoms with E-state index in [1.54, 1.807) is 11.8 Å². The Balaban J connectivity index is 4.42. The molecule has 0 fully saturated rings. The maximum atomic E-state index is 12.6. The van der Waals surface area contributed by atoms with Crippen LogP contribution in [-0.2, 0) is 23.9 Å². The summed E-state index contributed by atoms with van der Waals surface area (Å²) >= 11 is 1.74. The first-order valence-corrected chi connectivity index (χ1v) is 14.9. The van der Waals surface area contributed by atoms with Crippen molar-refractivity contribution in [3.8, 4) is 0 Å². The van der Waals surface area contributed by atoms with Crippen molar-refractivity contribution < 1.29 is 23.9 Å². The summed E-state index contributed by atoms with van der Waals surface area (Å²) in [4.78, 5) is 35.8. The minimum Gasteiger partial charge on any atom is -0.469 e. The first-order valence-electron chi connectivity index (χ1n) is 13.9. The van der Waals surface area contributed by atoms with Crippen molar-refractivity contribution >= 4 is 29.6 Å². The van der Waals surface area contributed by atoms with Crippen LogP contribution in [-0.4, -0.2) is 49.1 Å². The molecule has 35 heavy (non-hydrogen) atoms. The average molecular weight is 516 g/mol. The van der Waals surface area contributed by atoms with Gasteiger partial charge in [0.1, 0.15) is 6.04 Å². The fraction of sp³-hybridized carbons (Fsp3) is 0.893. The Hall–Kier alpha value is -1.24. The molecule has 0 spiro atoms. The number of hydrogen-bond acceptors (Lipinski definition) is 6. The number of carbonyl (C=O) groups is 3. The van der Waals surface area contributed by atoms with Gasteiger partial charge in [0.2, 0.25) is 5.91 Å². The molecule has 7 heteroatoms. The molecule has 0 saturated heterocycles. The zero-order chi connectivity index (χ0) is 26.3. The summed E-state index contributed by atoms with van der Waals surface area (Å²) in [6.07, 6.45) is 17.7. The molecular formula is C28H53NO5S. The Morgan fingerprint density at radius 1 is 0.771 bits per heavy atom. The Morgan fingerprint density at radius 2 is 1.31 bits per heavy atom. The fourth-order valence-electron chi connectivity index (χ4n) is 4.17. The minimum atomic E-state index is -0.565. The van der Waals surface area contributed by atoms with Gasteiger partial charge in [-0.2, -0.15) is 0 Å². The lowest BCUT2D eigenvalue weighted by atomic mass is 10.0. The number of ether oxygens (including phenoxy) is 2. The number of amides is 1. The molecule has 0 aromatic rings. The zero-order valence-corrected chi connectivity index (χ0v) is 24.0. The number of unbranched alkanes of at least 4 members (excludes halogenated alkanes) is 10. The van der Waals surface area contributed by atoms with Gasteiger partial charge in [-0.1, -0.05) is 91.4 Å². The predicted molar refractivity (Wildman–Crippen MR) is 147 cm³/mol. The van der Waals surface area contributed by atoms with Gasteiger partial charge < -0.3 is 14.8 Å². The van der Waals surface area contributed by atoms with Gasteiger partial charge in [-0.3, -0.25) is 9.59 Å². The number of hydrogen-bond donors (Lipinski definition) is 1. The maximum absolute atomic E-state index is 12.6. The molecule has 1 unspecified atom stereocenters. The van der Waals surface area contributed by atoms with Gasteiger partial charge >= 0.3 is 11.9 Å². The fourth-order valence-corrected chi connectivity index (χ4v) is 5.31. The standard InChI is InChI=1S/C28H53NO5S/c1-6-7-8-9-12-15-18-24(19-16-13-10-11-14-17-20-27(31)33-4)35-22-26(30)29-25(21-23(2)3)28(32)34-5/h23-25H,6-22H2,1-5H3,(H,29,30)/t24?,25-/m0/s1. The van der Waals surface area contributed by atoms with Gasteiger partial charge in [0.05, 0.1) is 20.0 Å². The number of esters is 2. The normalized spacial score (nSPS) is 12.9. The summed E-state index contributed by atoms with van der Waals surface area (Å²) in [5, 5.41) is 3.37. The van der Waals surface area contributed by atoms with Crippen molar-refractivity contribution in [3.05, 3.63) is 0 Å². The van der Waals surface area contributed by atoms with Crippen molar-refractivity contribution in [2.75, 3.05) is 20.0 Å². The second kappa shape index (κ2) is 23.2. The highest BCUT2D eigenvalue weighted by Gasteiger charge is 2.23. The number of carbonyl (C=O) groups excluding carboxylic acids is 3. The first kappa shape index (κ1) is 33.8. The second-order valence-electron chi connectivity index (χ2n) is 10.00. The summed E-state index contributed by atoms with van der Waals surface area (Å²) in [6.45, 7) is 6.31. The summed E-state index contributed by atoms with van der Waals surface area (Å²) in [6, 6.07) is -0.565. The Kier molecular flexibility index (Phi) is 22.4. The molecule has 0 rings (SSSR count). The molecule has 0 heterocycles. The van der Waals surface area contributed by atoms with E-state index in [1.807, 2.05) is 13.8 Å². The van der Waals surface area contributed by atoms with Gasteiger partial charge in [0.25, 0.3) is 0 Å². The molecule has 0 aromatic carbocycles. The van der Waals surface area contributed by atoms with Crippen LogP contribution in [0.4, 0.5) is 0 Å². The molecule has 0 bridgehead atoms. The number of nitrogens with one attached hydrogen (secondary N) is 1. The molecule has 0 aromatic heterocycles. The molecule has 2 atom stereocenters. The van der Waals surface area contributed by atoms with Gasteiger partial charge in [-0.15, -0.1) is 11.8 Å². The largest absolute Gasteiger partial charge is 0.469 e. The minimum absolute atomic E-state index is 0.0791. The van der Waals surface area contributed by atoms with Gasteiger partial charge in [0.15, 0.2) is 0 Å². The molecule has 0 aliphatic heterocycles. The lowest BCUT2D eigenvalue weighted by Gasteiger charge is -2.20. The average Bonchev–Trinajstić information content (AvgIpc) is 2.84. The van der Waals surface area contributed by atoms with E-state index in [-0.39, 0.29) is 17.8 Å². The van der Waals surface area contributed by atoms with E-state index in [2.05, 4.69) is 17.0 Å². The summed E-state index contributed by atoms with van der Waals surface area (Å²) in [5.41, 5.74) is 0. The van der Waals surface area contributed by atoms with Crippen LogP contribution in [0.5, 0.6) is 0 Å². The second-order valence-corrected chi connectivity index (χ2v) is 11.3. The van der Waals surface area contributed by atoms with E-state index in [4.69, 9.17) is 4.74 Å². The van der Waals surface area contributed by atoms with Crippen LogP contribution in [0.3, 0.4) is 0 Å². The Bertz CT molecular complexity index is 555. The lowest BCUT2D eigenvalue weighted by Crippen LogP contribution is -2.43. The van der Waals surface area contributed by atoms with Crippen molar-refractivity contribution in [2.45, 2.75) is 135 Å². The van der Waals surface area contributed by atoms with Gasteiger partial charge in [0, 0.05) is 11.7 Å².